The standard InChI is InChI=1S/C31H45N3O5/c1-22(27-11-6-7-16-32-27)9-8-10-24(3)30-25(4)13-15-28(23(2)12-14-26(35)21-29(36)39-30)38-31(37)34-19-17-33(5)18-20-34/h6-11,13,15-16,22-23,25-26,28,30,35H,12,14,17-21H2,1-5H3/b9-8+,15-13+,24-10+/t22-,23+,25-,26-,28-,30+/m0/s1. The topological polar surface area (TPSA) is 92.2 Å². The molecule has 2 aliphatic rings. The highest BCUT2D eigenvalue weighted by atomic mass is 16.6. The number of cyclic esters (lactones) is 1. The highest BCUT2D eigenvalue weighted by molar-refractivity contribution is 5.70. The number of piperazine rings is 1. The van der Waals surface area contributed by atoms with Crippen molar-refractivity contribution < 1.29 is 24.2 Å². The number of pyridine rings is 1. The third-order valence-electron chi connectivity index (χ3n) is 7.62. The fourth-order valence-electron chi connectivity index (χ4n) is 4.84. The van der Waals surface area contributed by atoms with Crippen LogP contribution >= 0.6 is 0 Å². The zero-order valence-electron chi connectivity index (χ0n) is 24.0. The number of nitrogens with zero attached hydrogens (tertiary/aromatic N) is 3. The van der Waals surface area contributed by atoms with Gasteiger partial charge in [0.15, 0.2) is 0 Å². The van der Waals surface area contributed by atoms with E-state index in [0.717, 1.165) is 24.4 Å². The molecule has 1 amide bonds. The SMILES string of the molecule is C/C(=C\C=C\[C@H](C)c1ccccn1)[C@H]1OC(=O)C[C@@H](O)CC[C@@H](C)[C@@H](OC(=O)N2CCN(C)CC2)/C=C/[C@@H]1C. The van der Waals surface area contributed by atoms with Crippen molar-refractivity contribution >= 4 is 12.1 Å². The van der Waals surface area contributed by atoms with E-state index in [1.165, 1.54) is 0 Å². The molecule has 0 aliphatic carbocycles. The first-order chi connectivity index (χ1) is 18.6. The summed E-state index contributed by atoms with van der Waals surface area (Å²) in [6.45, 7) is 10.9. The average molecular weight is 540 g/mol. The molecule has 0 aromatic carbocycles. The van der Waals surface area contributed by atoms with E-state index in [2.05, 4.69) is 22.9 Å². The summed E-state index contributed by atoms with van der Waals surface area (Å²) in [6, 6.07) is 5.86. The smallest absolute Gasteiger partial charge is 0.410 e. The minimum absolute atomic E-state index is 0.0129. The number of rotatable bonds is 5. The molecule has 8 heteroatoms. The number of aliphatic hydroxyl groups excluding tert-OH is 1. The number of allylic oxidation sites excluding steroid dienone is 3. The second-order valence-electron chi connectivity index (χ2n) is 11.0. The van der Waals surface area contributed by atoms with Gasteiger partial charge in [-0.15, -0.1) is 0 Å². The number of ether oxygens (including phenoxy) is 2. The van der Waals surface area contributed by atoms with Gasteiger partial charge in [-0.3, -0.25) is 9.78 Å². The minimum Gasteiger partial charge on any atom is -0.457 e. The van der Waals surface area contributed by atoms with Crippen LogP contribution in [0.3, 0.4) is 0 Å². The Morgan fingerprint density at radius 3 is 2.62 bits per heavy atom. The Morgan fingerprint density at radius 2 is 1.92 bits per heavy atom. The van der Waals surface area contributed by atoms with Gasteiger partial charge in [-0.25, -0.2) is 4.79 Å². The van der Waals surface area contributed by atoms with Gasteiger partial charge in [-0.05, 0) is 56.5 Å². The third kappa shape index (κ3) is 9.62. The predicted molar refractivity (Wildman–Crippen MR) is 152 cm³/mol. The van der Waals surface area contributed by atoms with Crippen molar-refractivity contribution in [2.24, 2.45) is 11.8 Å². The highest BCUT2D eigenvalue weighted by Crippen LogP contribution is 2.25. The molecule has 8 nitrogen and oxygen atoms in total. The molecule has 1 saturated heterocycles. The van der Waals surface area contributed by atoms with Crippen LogP contribution in [0, 0.1) is 11.8 Å². The highest BCUT2D eigenvalue weighted by Gasteiger charge is 2.29. The van der Waals surface area contributed by atoms with Gasteiger partial charge in [0.1, 0.15) is 12.2 Å². The van der Waals surface area contributed by atoms with E-state index < -0.39 is 24.3 Å². The Bertz CT molecular complexity index is 1020. The van der Waals surface area contributed by atoms with E-state index in [-0.39, 0.29) is 30.3 Å². The number of carbonyl (C=O) groups excluding carboxylic acids is 2. The minimum atomic E-state index is -0.809. The van der Waals surface area contributed by atoms with Crippen molar-refractivity contribution in [3.05, 3.63) is 66.0 Å². The number of esters is 1. The summed E-state index contributed by atoms with van der Waals surface area (Å²) >= 11 is 0. The summed E-state index contributed by atoms with van der Waals surface area (Å²) in [5, 5.41) is 10.5. The van der Waals surface area contributed by atoms with Gasteiger partial charge in [-0.1, -0.05) is 51.1 Å². The second-order valence-corrected chi connectivity index (χ2v) is 11.0. The Kier molecular flexibility index (Phi) is 11.7. The predicted octanol–water partition coefficient (Wildman–Crippen LogP) is 4.73. The first-order valence-electron chi connectivity index (χ1n) is 14.1. The monoisotopic (exact) mass is 539 g/mol. The van der Waals surface area contributed by atoms with Gasteiger partial charge < -0.3 is 24.4 Å². The van der Waals surface area contributed by atoms with Crippen molar-refractivity contribution in [1.29, 1.82) is 0 Å². The lowest BCUT2D eigenvalue weighted by molar-refractivity contribution is -0.151. The lowest BCUT2D eigenvalue weighted by atomic mass is 9.92. The fourth-order valence-corrected chi connectivity index (χ4v) is 4.84. The molecule has 0 unspecified atom stereocenters. The maximum absolute atomic E-state index is 12.9. The van der Waals surface area contributed by atoms with Crippen molar-refractivity contribution in [3.8, 4) is 0 Å². The lowest BCUT2D eigenvalue weighted by Crippen LogP contribution is -2.48. The van der Waals surface area contributed by atoms with Crippen LogP contribution in [0.15, 0.2) is 60.3 Å². The number of aromatic nitrogens is 1. The molecule has 39 heavy (non-hydrogen) atoms. The van der Waals surface area contributed by atoms with Crippen LogP contribution in [-0.4, -0.2) is 83.5 Å². The van der Waals surface area contributed by atoms with E-state index in [1.54, 1.807) is 11.1 Å². The molecular formula is C31H45N3O5. The summed E-state index contributed by atoms with van der Waals surface area (Å²) in [6.07, 6.45) is 10.6. The van der Waals surface area contributed by atoms with Crippen LogP contribution in [0.2, 0.25) is 0 Å². The van der Waals surface area contributed by atoms with Gasteiger partial charge in [-0.2, -0.15) is 0 Å². The van der Waals surface area contributed by atoms with Gasteiger partial charge in [0.05, 0.1) is 12.5 Å². The van der Waals surface area contributed by atoms with Crippen molar-refractivity contribution in [3.63, 3.8) is 0 Å². The molecule has 1 aromatic rings. The number of aliphatic hydroxyl groups is 1. The number of amides is 1. The van der Waals surface area contributed by atoms with E-state index in [0.29, 0.717) is 25.9 Å². The first kappa shape index (κ1) is 30.6. The van der Waals surface area contributed by atoms with Gasteiger partial charge in [0.25, 0.3) is 0 Å². The van der Waals surface area contributed by atoms with Crippen molar-refractivity contribution in [2.45, 2.75) is 71.2 Å². The maximum Gasteiger partial charge on any atom is 0.410 e. The van der Waals surface area contributed by atoms with Crippen LogP contribution < -0.4 is 0 Å². The second kappa shape index (κ2) is 15.0. The lowest BCUT2D eigenvalue weighted by Gasteiger charge is -2.33. The molecule has 1 fully saturated rings. The molecule has 1 aromatic heterocycles. The molecule has 0 saturated carbocycles. The molecule has 6 atom stereocenters. The molecule has 214 valence electrons. The number of hydrogen-bond acceptors (Lipinski definition) is 7. The van der Waals surface area contributed by atoms with Crippen LogP contribution in [0.1, 0.15) is 58.6 Å². The van der Waals surface area contributed by atoms with Gasteiger partial charge >= 0.3 is 12.1 Å². The Labute approximate surface area is 233 Å². The quantitative estimate of drug-likeness (QED) is 0.329. The van der Waals surface area contributed by atoms with E-state index in [1.807, 2.05) is 70.3 Å². The van der Waals surface area contributed by atoms with Gasteiger partial charge in [0, 0.05) is 49.9 Å². The van der Waals surface area contributed by atoms with Crippen LogP contribution in [0.5, 0.6) is 0 Å². The summed E-state index contributed by atoms with van der Waals surface area (Å²) in [7, 11) is 2.05. The Morgan fingerprint density at radius 1 is 1.18 bits per heavy atom. The van der Waals surface area contributed by atoms with Crippen LogP contribution in [0.4, 0.5) is 4.79 Å². The summed E-state index contributed by atoms with van der Waals surface area (Å²) < 4.78 is 11.8. The molecule has 0 radical (unpaired) electrons. The summed E-state index contributed by atoms with van der Waals surface area (Å²) in [4.78, 5) is 34.0. The van der Waals surface area contributed by atoms with Crippen LogP contribution in [-0.2, 0) is 14.3 Å². The zero-order valence-corrected chi connectivity index (χ0v) is 24.0. The molecule has 1 N–H and O–H groups in total. The van der Waals surface area contributed by atoms with Crippen LogP contribution in [0.25, 0.3) is 0 Å². The Balaban J connectivity index is 1.76. The van der Waals surface area contributed by atoms with E-state index >= 15 is 0 Å². The van der Waals surface area contributed by atoms with Gasteiger partial charge in [0.2, 0.25) is 0 Å². The van der Waals surface area contributed by atoms with Crippen molar-refractivity contribution in [1.82, 2.24) is 14.8 Å². The zero-order chi connectivity index (χ0) is 28.4. The Hall–Kier alpha value is -2.97. The molecule has 3 rings (SSSR count). The number of carbonyl (C=O) groups is 2. The molecule has 0 bridgehead atoms. The first-order valence-corrected chi connectivity index (χ1v) is 14.1. The summed E-state index contributed by atoms with van der Waals surface area (Å²) in [5.74, 6) is -0.460. The fraction of sp³-hybridized carbons (Fsp3) is 0.581. The largest absolute Gasteiger partial charge is 0.457 e. The van der Waals surface area contributed by atoms with Crippen molar-refractivity contribution in [2.75, 3.05) is 33.2 Å². The maximum atomic E-state index is 12.9. The molecule has 2 aliphatic heterocycles. The average Bonchev–Trinajstić information content (AvgIpc) is 2.92. The third-order valence-corrected chi connectivity index (χ3v) is 7.62. The van der Waals surface area contributed by atoms with E-state index in [9.17, 15) is 14.7 Å². The molecule has 3 heterocycles. The number of likely N-dealkylation sites (N-methyl/N-ethyl adjacent to an activating group) is 1. The normalized spacial score (nSPS) is 29.7. The number of hydrogen-bond donors (Lipinski definition) is 1. The molecular weight excluding hydrogens is 494 g/mol. The molecule has 0 spiro atoms. The van der Waals surface area contributed by atoms with E-state index in [4.69, 9.17) is 9.47 Å². The summed E-state index contributed by atoms with van der Waals surface area (Å²) in [5.41, 5.74) is 1.87.